The van der Waals surface area contributed by atoms with Crippen LogP contribution in [0.2, 0.25) is 0 Å². The van der Waals surface area contributed by atoms with Crippen molar-refractivity contribution in [1.82, 2.24) is 9.80 Å². The molecule has 1 unspecified atom stereocenters. The highest BCUT2D eigenvalue weighted by Gasteiger charge is 2.32. The minimum Gasteiger partial charge on any atom is -0.479 e. The molecule has 0 aliphatic carbocycles. The maximum atomic E-state index is 10.8. The molecule has 1 aliphatic rings. The van der Waals surface area contributed by atoms with Crippen LogP contribution in [0.15, 0.2) is 24.3 Å². The van der Waals surface area contributed by atoms with E-state index in [4.69, 9.17) is 9.84 Å². The molecule has 23 heavy (non-hydrogen) atoms. The SMILES string of the molecule is CCN1CCN(Cc2ccc(OC(C)C(=O)O)cc2)CC1(C)C. The van der Waals surface area contributed by atoms with Gasteiger partial charge in [-0.05, 0) is 45.0 Å². The summed E-state index contributed by atoms with van der Waals surface area (Å²) in [5.74, 6) is -0.357. The van der Waals surface area contributed by atoms with E-state index in [1.165, 1.54) is 12.5 Å². The van der Waals surface area contributed by atoms with Crippen LogP contribution >= 0.6 is 0 Å². The summed E-state index contributed by atoms with van der Waals surface area (Å²) in [5, 5.41) is 8.87. The van der Waals surface area contributed by atoms with Crippen LogP contribution in [-0.2, 0) is 11.3 Å². The molecule has 1 heterocycles. The second-order valence-electron chi connectivity index (χ2n) is 6.85. The van der Waals surface area contributed by atoms with Crippen LogP contribution in [0.5, 0.6) is 5.75 Å². The topological polar surface area (TPSA) is 53.0 Å². The maximum Gasteiger partial charge on any atom is 0.344 e. The molecule has 1 atom stereocenters. The molecule has 1 fully saturated rings. The predicted octanol–water partition coefficient (Wildman–Crippen LogP) is 2.45. The third-order valence-corrected chi connectivity index (χ3v) is 4.52. The Balaban J connectivity index is 1.92. The Kier molecular flexibility index (Phi) is 5.65. The van der Waals surface area contributed by atoms with E-state index in [2.05, 4.69) is 30.6 Å². The van der Waals surface area contributed by atoms with E-state index in [1.54, 1.807) is 0 Å². The molecule has 0 aromatic heterocycles. The van der Waals surface area contributed by atoms with E-state index >= 15 is 0 Å². The van der Waals surface area contributed by atoms with Crippen LogP contribution in [0.25, 0.3) is 0 Å². The van der Waals surface area contributed by atoms with Crippen molar-refractivity contribution in [2.75, 3.05) is 26.2 Å². The lowest BCUT2D eigenvalue weighted by molar-refractivity contribution is -0.144. The van der Waals surface area contributed by atoms with Crippen molar-refractivity contribution in [3.05, 3.63) is 29.8 Å². The average molecular weight is 320 g/mol. The van der Waals surface area contributed by atoms with Crippen LogP contribution < -0.4 is 4.74 Å². The first kappa shape index (κ1) is 17.8. The Labute approximate surface area is 138 Å². The molecule has 1 N–H and O–H groups in total. The van der Waals surface area contributed by atoms with Crippen LogP contribution in [-0.4, -0.2) is 58.7 Å². The normalized spacial score (nSPS) is 20.2. The zero-order chi connectivity index (χ0) is 17.0. The Hall–Kier alpha value is -1.59. The summed E-state index contributed by atoms with van der Waals surface area (Å²) in [6, 6.07) is 7.73. The summed E-state index contributed by atoms with van der Waals surface area (Å²) in [7, 11) is 0. The molecule has 128 valence electrons. The van der Waals surface area contributed by atoms with Gasteiger partial charge in [0.1, 0.15) is 5.75 Å². The van der Waals surface area contributed by atoms with Crippen molar-refractivity contribution in [3.8, 4) is 5.75 Å². The van der Waals surface area contributed by atoms with Crippen molar-refractivity contribution in [3.63, 3.8) is 0 Å². The van der Waals surface area contributed by atoms with Gasteiger partial charge in [-0.2, -0.15) is 0 Å². The van der Waals surface area contributed by atoms with Crippen molar-refractivity contribution >= 4 is 5.97 Å². The molecular weight excluding hydrogens is 292 g/mol. The van der Waals surface area contributed by atoms with Crippen LogP contribution in [0.1, 0.15) is 33.3 Å². The van der Waals surface area contributed by atoms with Crippen molar-refractivity contribution in [2.45, 2.75) is 45.9 Å². The molecular formula is C18H28N2O3. The van der Waals surface area contributed by atoms with Gasteiger partial charge in [0.25, 0.3) is 0 Å². The smallest absolute Gasteiger partial charge is 0.344 e. The minimum atomic E-state index is -0.954. The monoisotopic (exact) mass is 320 g/mol. The minimum absolute atomic E-state index is 0.201. The Morgan fingerprint density at radius 1 is 1.30 bits per heavy atom. The first-order valence-corrected chi connectivity index (χ1v) is 8.27. The number of piperazine rings is 1. The van der Waals surface area contributed by atoms with Crippen molar-refractivity contribution < 1.29 is 14.6 Å². The number of carboxylic acid groups (broad SMARTS) is 1. The second-order valence-corrected chi connectivity index (χ2v) is 6.85. The maximum absolute atomic E-state index is 10.8. The van der Waals surface area contributed by atoms with Crippen molar-refractivity contribution in [2.24, 2.45) is 0 Å². The summed E-state index contributed by atoms with van der Waals surface area (Å²) < 4.78 is 5.36. The standard InChI is InChI=1S/C18H28N2O3/c1-5-20-11-10-19(13-18(20,3)4)12-15-6-8-16(9-7-15)23-14(2)17(21)22/h6-9,14H,5,10-13H2,1-4H3,(H,21,22). The number of likely N-dealkylation sites (N-methyl/N-ethyl adjacent to an activating group) is 1. The molecule has 0 spiro atoms. The molecule has 2 rings (SSSR count). The van der Waals surface area contributed by atoms with Gasteiger partial charge in [-0.25, -0.2) is 4.79 Å². The lowest BCUT2D eigenvalue weighted by atomic mass is 9.98. The Morgan fingerprint density at radius 2 is 1.96 bits per heavy atom. The number of aliphatic carboxylic acids is 1. The number of hydrogen-bond acceptors (Lipinski definition) is 4. The van der Waals surface area contributed by atoms with Gasteiger partial charge in [-0.3, -0.25) is 9.80 Å². The number of rotatable bonds is 6. The highest BCUT2D eigenvalue weighted by atomic mass is 16.5. The van der Waals surface area contributed by atoms with Gasteiger partial charge in [-0.15, -0.1) is 0 Å². The van der Waals surface area contributed by atoms with Crippen LogP contribution in [0.3, 0.4) is 0 Å². The van der Waals surface area contributed by atoms with Gasteiger partial charge < -0.3 is 9.84 Å². The van der Waals surface area contributed by atoms with Gasteiger partial charge >= 0.3 is 5.97 Å². The zero-order valence-electron chi connectivity index (χ0n) is 14.6. The quantitative estimate of drug-likeness (QED) is 0.872. The van der Waals surface area contributed by atoms with Gasteiger partial charge in [0.2, 0.25) is 0 Å². The zero-order valence-corrected chi connectivity index (χ0v) is 14.6. The van der Waals surface area contributed by atoms with Gasteiger partial charge in [-0.1, -0.05) is 19.1 Å². The van der Waals surface area contributed by atoms with E-state index in [-0.39, 0.29) is 5.54 Å². The molecule has 1 aliphatic heterocycles. The Bertz CT molecular complexity index is 528. The van der Waals surface area contributed by atoms with E-state index in [0.29, 0.717) is 5.75 Å². The molecule has 0 saturated carbocycles. The van der Waals surface area contributed by atoms with Gasteiger partial charge in [0.05, 0.1) is 0 Å². The summed E-state index contributed by atoms with van der Waals surface area (Å²) in [6.45, 7) is 13.6. The lowest BCUT2D eigenvalue weighted by Gasteiger charge is -2.47. The molecule has 1 aromatic rings. The van der Waals surface area contributed by atoms with Gasteiger partial charge in [0.15, 0.2) is 6.10 Å². The van der Waals surface area contributed by atoms with Crippen LogP contribution in [0.4, 0.5) is 0 Å². The number of carboxylic acids is 1. The average Bonchev–Trinajstić information content (AvgIpc) is 2.48. The highest BCUT2D eigenvalue weighted by molar-refractivity contribution is 5.72. The number of nitrogens with zero attached hydrogens (tertiary/aromatic N) is 2. The van der Waals surface area contributed by atoms with Crippen molar-refractivity contribution in [1.29, 1.82) is 0 Å². The first-order chi connectivity index (χ1) is 10.8. The largest absolute Gasteiger partial charge is 0.479 e. The molecule has 1 saturated heterocycles. The third-order valence-electron chi connectivity index (χ3n) is 4.52. The summed E-state index contributed by atoms with van der Waals surface area (Å²) in [5.41, 5.74) is 1.42. The third kappa shape index (κ3) is 4.69. The van der Waals surface area contributed by atoms with E-state index in [9.17, 15) is 4.79 Å². The number of benzene rings is 1. The first-order valence-electron chi connectivity index (χ1n) is 8.27. The summed E-state index contributed by atoms with van der Waals surface area (Å²) in [6.07, 6.45) is -0.830. The number of hydrogen-bond donors (Lipinski definition) is 1. The molecule has 0 radical (unpaired) electrons. The molecule has 1 aromatic carbocycles. The molecule has 5 nitrogen and oxygen atoms in total. The van der Waals surface area contributed by atoms with E-state index in [1.807, 2.05) is 24.3 Å². The molecule has 0 bridgehead atoms. The van der Waals surface area contributed by atoms with E-state index < -0.39 is 12.1 Å². The molecule has 0 amide bonds. The van der Waals surface area contributed by atoms with E-state index in [0.717, 1.165) is 32.7 Å². The van der Waals surface area contributed by atoms with Crippen LogP contribution in [0, 0.1) is 0 Å². The number of ether oxygens (including phenoxy) is 1. The fraction of sp³-hybridized carbons (Fsp3) is 0.611. The Morgan fingerprint density at radius 3 is 2.48 bits per heavy atom. The second kappa shape index (κ2) is 7.32. The van der Waals surface area contributed by atoms with Gasteiger partial charge in [0, 0.05) is 31.7 Å². The predicted molar refractivity (Wildman–Crippen MR) is 90.8 cm³/mol. The lowest BCUT2D eigenvalue weighted by Crippen LogP contribution is -2.58. The number of carbonyl (C=O) groups is 1. The molecule has 5 heteroatoms. The summed E-state index contributed by atoms with van der Waals surface area (Å²) >= 11 is 0. The fourth-order valence-electron chi connectivity index (χ4n) is 3.20. The highest BCUT2D eigenvalue weighted by Crippen LogP contribution is 2.22. The fourth-order valence-corrected chi connectivity index (χ4v) is 3.20. The summed E-state index contributed by atoms with van der Waals surface area (Å²) in [4.78, 5) is 15.8.